The van der Waals surface area contributed by atoms with Crippen LogP contribution < -0.4 is 5.73 Å². The molecule has 60 valence electrons. The number of aromatic hydroxyl groups is 1. The highest BCUT2D eigenvalue weighted by Gasteiger charge is 2.05. The number of hydrogen-bond acceptors (Lipinski definition) is 2. The molecule has 0 unspecified atom stereocenters. The first-order valence-corrected chi connectivity index (χ1v) is 3.40. The van der Waals surface area contributed by atoms with Gasteiger partial charge >= 0.3 is 0 Å². The zero-order chi connectivity index (χ0) is 8.43. The van der Waals surface area contributed by atoms with Gasteiger partial charge in [-0.2, -0.15) is 0 Å². The summed E-state index contributed by atoms with van der Waals surface area (Å²) < 4.78 is 12.6. The summed E-state index contributed by atoms with van der Waals surface area (Å²) in [6.07, 6.45) is 0. The van der Waals surface area contributed by atoms with E-state index in [0.29, 0.717) is 5.56 Å². The Labute approximate surface area is 68.4 Å². The molecule has 0 aliphatic heterocycles. The lowest BCUT2D eigenvalue weighted by atomic mass is 10.2. The van der Waals surface area contributed by atoms with Crippen LogP contribution in [0.4, 0.5) is 4.39 Å². The molecule has 0 atom stereocenters. The summed E-state index contributed by atoms with van der Waals surface area (Å²) >= 11 is 5.42. The van der Waals surface area contributed by atoms with Crippen LogP contribution in [0.5, 0.6) is 5.75 Å². The summed E-state index contributed by atoms with van der Waals surface area (Å²) in [6.45, 7) is 0.145. The van der Waals surface area contributed by atoms with Crippen LogP contribution in [0.15, 0.2) is 12.1 Å². The van der Waals surface area contributed by atoms with Gasteiger partial charge in [0.15, 0.2) is 0 Å². The average molecular weight is 176 g/mol. The van der Waals surface area contributed by atoms with Crippen molar-refractivity contribution in [2.24, 2.45) is 5.73 Å². The zero-order valence-electron chi connectivity index (χ0n) is 5.64. The molecule has 0 aliphatic rings. The van der Waals surface area contributed by atoms with Gasteiger partial charge in [0, 0.05) is 18.2 Å². The van der Waals surface area contributed by atoms with Crippen molar-refractivity contribution in [2.45, 2.75) is 6.54 Å². The van der Waals surface area contributed by atoms with E-state index in [1.807, 2.05) is 0 Å². The normalized spacial score (nSPS) is 10.1. The summed E-state index contributed by atoms with van der Waals surface area (Å²) in [4.78, 5) is 0. The van der Waals surface area contributed by atoms with Gasteiger partial charge in [-0.3, -0.25) is 0 Å². The molecule has 0 fully saturated rings. The Morgan fingerprint density at radius 1 is 1.55 bits per heavy atom. The lowest BCUT2D eigenvalue weighted by molar-refractivity contribution is 0.462. The molecule has 0 spiro atoms. The fraction of sp³-hybridized carbons (Fsp3) is 0.143. The molecule has 0 aromatic heterocycles. The van der Waals surface area contributed by atoms with Crippen molar-refractivity contribution in [3.05, 3.63) is 28.5 Å². The standard InChI is InChI=1S/C7H7ClFNO/c8-5-1-4(3-10)7(11)2-6(5)9/h1-2,11H,3,10H2. The van der Waals surface area contributed by atoms with Crippen LogP contribution in [0.25, 0.3) is 0 Å². The van der Waals surface area contributed by atoms with E-state index in [4.69, 9.17) is 22.4 Å². The molecule has 0 saturated carbocycles. The van der Waals surface area contributed by atoms with Crippen LogP contribution in [0.1, 0.15) is 5.56 Å². The van der Waals surface area contributed by atoms with Gasteiger partial charge < -0.3 is 10.8 Å². The van der Waals surface area contributed by atoms with E-state index in [2.05, 4.69) is 0 Å². The Kier molecular flexibility index (Phi) is 2.31. The predicted molar refractivity (Wildman–Crippen MR) is 41.0 cm³/mol. The second-order valence-corrected chi connectivity index (χ2v) is 2.51. The molecule has 0 heterocycles. The molecular weight excluding hydrogens is 169 g/mol. The highest BCUT2D eigenvalue weighted by molar-refractivity contribution is 6.30. The monoisotopic (exact) mass is 175 g/mol. The second kappa shape index (κ2) is 3.07. The van der Waals surface area contributed by atoms with Crippen LogP contribution in [0.2, 0.25) is 5.02 Å². The smallest absolute Gasteiger partial charge is 0.145 e. The van der Waals surface area contributed by atoms with Gasteiger partial charge in [0.05, 0.1) is 5.02 Å². The topological polar surface area (TPSA) is 46.2 Å². The summed E-state index contributed by atoms with van der Waals surface area (Å²) in [7, 11) is 0. The van der Waals surface area contributed by atoms with Crippen molar-refractivity contribution in [3.63, 3.8) is 0 Å². The maximum atomic E-state index is 12.6. The third-order valence-corrected chi connectivity index (χ3v) is 1.63. The van der Waals surface area contributed by atoms with Crippen molar-refractivity contribution in [1.82, 2.24) is 0 Å². The largest absolute Gasteiger partial charge is 0.508 e. The Morgan fingerprint density at radius 3 is 2.73 bits per heavy atom. The minimum Gasteiger partial charge on any atom is -0.508 e. The van der Waals surface area contributed by atoms with Gasteiger partial charge in [0.2, 0.25) is 0 Å². The molecule has 4 heteroatoms. The van der Waals surface area contributed by atoms with Gasteiger partial charge in [-0.1, -0.05) is 11.6 Å². The van der Waals surface area contributed by atoms with E-state index in [1.165, 1.54) is 6.07 Å². The molecule has 11 heavy (non-hydrogen) atoms. The van der Waals surface area contributed by atoms with Crippen LogP contribution in [0, 0.1) is 5.82 Å². The minimum absolute atomic E-state index is 0.0248. The molecule has 0 aliphatic carbocycles. The fourth-order valence-corrected chi connectivity index (χ4v) is 0.927. The first-order valence-electron chi connectivity index (χ1n) is 3.02. The average Bonchev–Trinajstić information content (AvgIpc) is 1.97. The van der Waals surface area contributed by atoms with E-state index >= 15 is 0 Å². The number of nitrogens with two attached hydrogens (primary N) is 1. The van der Waals surface area contributed by atoms with E-state index in [0.717, 1.165) is 6.07 Å². The lowest BCUT2D eigenvalue weighted by Crippen LogP contribution is -1.97. The molecule has 2 nitrogen and oxygen atoms in total. The molecule has 0 bridgehead atoms. The summed E-state index contributed by atoms with van der Waals surface area (Å²) in [6, 6.07) is 2.26. The number of phenols is 1. The second-order valence-electron chi connectivity index (χ2n) is 2.10. The molecule has 1 rings (SSSR count). The molecule has 1 aromatic rings. The number of phenolic OH excluding ortho intramolecular Hbond substituents is 1. The van der Waals surface area contributed by atoms with Crippen molar-refractivity contribution in [3.8, 4) is 5.75 Å². The molecule has 1 aromatic carbocycles. The Balaban J connectivity index is 3.21. The third kappa shape index (κ3) is 1.61. The number of rotatable bonds is 1. The zero-order valence-corrected chi connectivity index (χ0v) is 6.40. The maximum Gasteiger partial charge on any atom is 0.145 e. The third-order valence-electron chi connectivity index (χ3n) is 1.34. The van der Waals surface area contributed by atoms with Crippen LogP contribution >= 0.6 is 11.6 Å². The van der Waals surface area contributed by atoms with Crippen molar-refractivity contribution >= 4 is 11.6 Å². The first-order chi connectivity index (χ1) is 5.15. The molecular formula is C7H7ClFNO. The van der Waals surface area contributed by atoms with Crippen molar-refractivity contribution in [2.75, 3.05) is 0 Å². The Morgan fingerprint density at radius 2 is 2.18 bits per heavy atom. The highest BCUT2D eigenvalue weighted by Crippen LogP contribution is 2.24. The predicted octanol–water partition coefficient (Wildman–Crippen LogP) is 1.64. The van der Waals surface area contributed by atoms with Crippen LogP contribution in [-0.2, 0) is 6.54 Å². The lowest BCUT2D eigenvalue weighted by Gasteiger charge is -2.01. The first kappa shape index (κ1) is 8.30. The SMILES string of the molecule is NCc1cc(Cl)c(F)cc1O. The van der Waals surface area contributed by atoms with E-state index < -0.39 is 5.82 Å². The number of benzene rings is 1. The van der Waals surface area contributed by atoms with Crippen LogP contribution in [-0.4, -0.2) is 5.11 Å². The maximum absolute atomic E-state index is 12.6. The van der Waals surface area contributed by atoms with E-state index in [-0.39, 0.29) is 17.3 Å². The summed E-state index contributed by atoms with van der Waals surface area (Å²) in [5.41, 5.74) is 5.67. The summed E-state index contributed by atoms with van der Waals surface area (Å²) in [5.74, 6) is -0.796. The molecule has 0 radical (unpaired) electrons. The fourth-order valence-electron chi connectivity index (χ4n) is 0.741. The number of hydrogen-bond donors (Lipinski definition) is 2. The Hall–Kier alpha value is -0.800. The molecule has 3 N–H and O–H groups in total. The quantitative estimate of drug-likeness (QED) is 0.682. The molecule has 0 amide bonds. The van der Waals surface area contributed by atoms with Crippen LogP contribution in [0.3, 0.4) is 0 Å². The van der Waals surface area contributed by atoms with Gasteiger partial charge in [0.1, 0.15) is 11.6 Å². The van der Waals surface area contributed by atoms with Crippen molar-refractivity contribution in [1.29, 1.82) is 0 Å². The highest BCUT2D eigenvalue weighted by atomic mass is 35.5. The Bertz CT molecular complexity index is 277. The summed E-state index contributed by atoms with van der Waals surface area (Å²) in [5, 5.41) is 9.01. The van der Waals surface area contributed by atoms with Gasteiger partial charge in [0.25, 0.3) is 0 Å². The minimum atomic E-state index is -0.638. The van der Waals surface area contributed by atoms with E-state index in [9.17, 15) is 4.39 Å². The van der Waals surface area contributed by atoms with Gasteiger partial charge in [-0.05, 0) is 6.07 Å². The van der Waals surface area contributed by atoms with E-state index in [1.54, 1.807) is 0 Å². The van der Waals surface area contributed by atoms with Crippen molar-refractivity contribution < 1.29 is 9.50 Å². The molecule has 0 saturated heterocycles. The van der Waals surface area contributed by atoms with Gasteiger partial charge in [-0.15, -0.1) is 0 Å². The van der Waals surface area contributed by atoms with Gasteiger partial charge in [-0.25, -0.2) is 4.39 Å². The number of halogens is 2.